The standard InChI is InChI=1S/C10H21NO4S/c1-3-15-6-7-16(13,14)11-5-4-9(2)10(12)8-11/h9-10,12H,3-8H2,1-2H3. The third kappa shape index (κ3) is 3.69. The number of hydrogen-bond donors (Lipinski definition) is 1. The average molecular weight is 251 g/mol. The zero-order valence-corrected chi connectivity index (χ0v) is 10.7. The molecule has 0 radical (unpaired) electrons. The maximum atomic E-state index is 11.8. The van der Waals surface area contributed by atoms with Crippen molar-refractivity contribution in [2.45, 2.75) is 26.4 Å². The molecule has 1 saturated heterocycles. The predicted octanol–water partition coefficient (Wildman–Crippen LogP) is 0.0554. The smallest absolute Gasteiger partial charge is 0.216 e. The minimum Gasteiger partial charge on any atom is -0.391 e. The Morgan fingerprint density at radius 2 is 2.19 bits per heavy atom. The van der Waals surface area contributed by atoms with E-state index in [2.05, 4.69) is 0 Å². The van der Waals surface area contributed by atoms with Crippen LogP contribution in [0, 0.1) is 5.92 Å². The normalized spacial score (nSPS) is 28.2. The summed E-state index contributed by atoms with van der Waals surface area (Å²) in [5.74, 6) is 0.181. The zero-order chi connectivity index (χ0) is 12.2. The number of piperidine rings is 1. The van der Waals surface area contributed by atoms with Crippen LogP contribution in [-0.4, -0.2) is 56.0 Å². The predicted molar refractivity (Wildman–Crippen MR) is 61.6 cm³/mol. The Bertz CT molecular complexity index is 304. The highest BCUT2D eigenvalue weighted by Gasteiger charge is 2.31. The summed E-state index contributed by atoms with van der Waals surface area (Å²) >= 11 is 0. The molecule has 96 valence electrons. The number of β-amino-alcohol motifs (C(OH)–C–C–N with tert-alkyl or cyclic N) is 1. The quantitative estimate of drug-likeness (QED) is 0.701. The molecule has 0 spiro atoms. The van der Waals surface area contributed by atoms with Crippen molar-refractivity contribution in [2.24, 2.45) is 5.92 Å². The van der Waals surface area contributed by atoms with E-state index in [4.69, 9.17) is 4.74 Å². The fourth-order valence-corrected chi connectivity index (χ4v) is 3.06. The Morgan fingerprint density at radius 3 is 2.75 bits per heavy atom. The lowest BCUT2D eigenvalue weighted by atomic mass is 9.98. The number of aliphatic hydroxyl groups excluding tert-OH is 1. The molecular weight excluding hydrogens is 230 g/mol. The topological polar surface area (TPSA) is 66.8 Å². The van der Waals surface area contributed by atoms with E-state index in [1.54, 1.807) is 0 Å². The van der Waals surface area contributed by atoms with E-state index in [1.807, 2.05) is 13.8 Å². The fourth-order valence-electron chi connectivity index (χ4n) is 1.71. The molecule has 0 aromatic carbocycles. The van der Waals surface area contributed by atoms with Gasteiger partial charge in [-0.2, -0.15) is 4.31 Å². The van der Waals surface area contributed by atoms with Gasteiger partial charge in [-0.1, -0.05) is 6.92 Å². The maximum absolute atomic E-state index is 11.8. The molecule has 1 heterocycles. The number of hydrogen-bond acceptors (Lipinski definition) is 4. The molecule has 0 aromatic rings. The minimum atomic E-state index is -3.26. The summed E-state index contributed by atoms with van der Waals surface area (Å²) < 4.78 is 30.1. The van der Waals surface area contributed by atoms with Crippen LogP contribution in [0.25, 0.3) is 0 Å². The highest BCUT2D eigenvalue weighted by Crippen LogP contribution is 2.19. The molecule has 1 aliphatic rings. The van der Waals surface area contributed by atoms with E-state index < -0.39 is 16.1 Å². The van der Waals surface area contributed by atoms with Gasteiger partial charge in [0, 0.05) is 19.7 Å². The van der Waals surface area contributed by atoms with Gasteiger partial charge in [-0.05, 0) is 19.3 Å². The van der Waals surface area contributed by atoms with E-state index in [9.17, 15) is 13.5 Å². The summed E-state index contributed by atoms with van der Waals surface area (Å²) in [5, 5.41) is 9.65. The first kappa shape index (κ1) is 13.9. The summed E-state index contributed by atoms with van der Waals surface area (Å²) in [6.45, 7) is 5.24. The van der Waals surface area contributed by atoms with Gasteiger partial charge in [-0.15, -0.1) is 0 Å². The van der Waals surface area contributed by atoms with Crippen molar-refractivity contribution in [3.8, 4) is 0 Å². The van der Waals surface area contributed by atoms with Gasteiger partial charge < -0.3 is 9.84 Å². The van der Waals surface area contributed by atoms with E-state index in [0.29, 0.717) is 13.2 Å². The molecule has 16 heavy (non-hydrogen) atoms. The zero-order valence-electron chi connectivity index (χ0n) is 9.92. The number of ether oxygens (including phenoxy) is 1. The molecule has 1 N–H and O–H groups in total. The summed E-state index contributed by atoms with van der Waals surface area (Å²) in [4.78, 5) is 0. The molecule has 1 aliphatic heterocycles. The van der Waals surface area contributed by atoms with Crippen LogP contribution in [0.3, 0.4) is 0 Å². The lowest BCUT2D eigenvalue weighted by Crippen LogP contribution is -2.46. The molecule has 1 fully saturated rings. The van der Waals surface area contributed by atoms with Crippen LogP contribution in [0.2, 0.25) is 0 Å². The number of sulfonamides is 1. The van der Waals surface area contributed by atoms with Crippen molar-refractivity contribution >= 4 is 10.0 Å². The largest absolute Gasteiger partial charge is 0.391 e. The second-order valence-corrected chi connectivity index (χ2v) is 6.29. The van der Waals surface area contributed by atoms with Gasteiger partial charge in [0.05, 0.1) is 18.5 Å². The summed E-state index contributed by atoms with van der Waals surface area (Å²) in [7, 11) is -3.26. The Balaban J connectivity index is 2.49. The van der Waals surface area contributed by atoms with Crippen molar-refractivity contribution in [3.63, 3.8) is 0 Å². The van der Waals surface area contributed by atoms with Crippen LogP contribution < -0.4 is 0 Å². The first-order valence-corrected chi connectivity index (χ1v) is 7.32. The van der Waals surface area contributed by atoms with Crippen LogP contribution in [0.4, 0.5) is 0 Å². The number of nitrogens with zero attached hydrogens (tertiary/aromatic N) is 1. The maximum Gasteiger partial charge on any atom is 0.216 e. The highest BCUT2D eigenvalue weighted by atomic mass is 32.2. The van der Waals surface area contributed by atoms with Crippen molar-refractivity contribution in [1.82, 2.24) is 4.31 Å². The fraction of sp³-hybridized carbons (Fsp3) is 1.00. The molecule has 0 bridgehead atoms. The first-order chi connectivity index (χ1) is 7.47. The van der Waals surface area contributed by atoms with Gasteiger partial charge >= 0.3 is 0 Å². The van der Waals surface area contributed by atoms with E-state index in [-0.39, 0.29) is 24.8 Å². The van der Waals surface area contributed by atoms with Crippen molar-refractivity contribution in [2.75, 3.05) is 32.1 Å². The van der Waals surface area contributed by atoms with Gasteiger partial charge in [-0.25, -0.2) is 8.42 Å². The SMILES string of the molecule is CCOCCS(=O)(=O)N1CCC(C)C(O)C1. The van der Waals surface area contributed by atoms with Crippen molar-refractivity contribution < 1.29 is 18.3 Å². The van der Waals surface area contributed by atoms with Crippen LogP contribution >= 0.6 is 0 Å². The Morgan fingerprint density at radius 1 is 1.50 bits per heavy atom. The Kier molecular flexibility index (Phi) is 5.17. The molecule has 0 aliphatic carbocycles. The molecule has 0 amide bonds. The van der Waals surface area contributed by atoms with Gasteiger partial charge in [0.1, 0.15) is 0 Å². The van der Waals surface area contributed by atoms with E-state index in [1.165, 1.54) is 4.31 Å². The molecule has 2 atom stereocenters. The monoisotopic (exact) mass is 251 g/mol. The first-order valence-electron chi connectivity index (χ1n) is 5.71. The van der Waals surface area contributed by atoms with Gasteiger partial charge in [0.25, 0.3) is 0 Å². The molecule has 6 heteroatoms. The number of aliphatic hydroxyl groups is 1. The van der Waals surface area contributed by atoms with E-state index in [0.717, 1.165) is 6.42 Å². The molecule has 5 nitrogen and oxygen atoms in total. The molecule has 0 saturated carbocycles. The molecule has 1 rings (SSSR count). The summed E-state index contributed by atoms with van der Waals surface area (Å²) in [5.41, 5.74) is 0. The van der Waals surface area contributed by atoms with Crippen molar-refractivity contribution in [1.29, 1.82) is 0 Å². The minimum absolute atomic E-state index is 0.00193. The van der Waals surface area contributed by atoms with Gasteiger partial charge in [-0.3, -0.25) is 0 Å². The summed E-state index contributed by atoms with van der Waals surface area (Å²) in [6.07, 6.45) is 0.172. The van der Waals surface area contributed by atoms with E-state index >= 15 is 0 Å². The van der Waals surface area contributed by atoms with Crippen LogP contribution in [0.15, 0.2) is 0 Å². The second kappa shape index (κ2) is 5.95. The van der Waals surface area contributed by atoms with Crippen molar-refractivity contribution in [3.05, 3.63) is 0 Å². The van der Waals surface area contributed by atoms with Gasteiger partial charge in [0.2, 0.25) is 10.0 Å². The van der Waals surface area contributed by atoms with Crippen LogP contribution in [-0.2, 0) is 14.8 Å². The second-order valence-electron chi connectivity index (χ2n) is 4.20. The number of rotatable bonds is 5. The van der Waals surface area contributed by atoms with Crippen LogP contribution in [0.1, 0.15) is 20.3 Å². The molecule has 0 aromatic heterocycles. The lowest BCUT2D eigenvalue weighted by Gasteiger charge is -2.33. The third-order valence-electron chi connectivity index (χ3n) is 2.96. The van der Waals surface area contributed by atoms with Crippen LogP contribution in [0.5, 0.6) is 0 Å². The van der Waals surface area contributed by atoms with Gasteiger partial charge in [0.15, 0.2) is 0 Å². The Hall–Kier alpha value is -0.170. The molecular formula is C10H21NO4S. The average Bonchev–Trinajstić information content (AvgIpc) is 2.22. The lowest BCUT2D eigenvalue weighted by molar-refractivity contribution is 0.0601. The highest BCUT2D eigenvalue weighted by molar-refractivity contribution is 7.89. The Labute approximate surface area is 97.4 Å². The molecule has 2 unspecified atom stereocenters. The third-order valence-corrected chi connectivity index (χ3v) is 4.77. The summed E-state index contributed by atoms with van der Waals surface area (Å²) in [6, 6.07) is 0.